The minimum atomic E-state index is -0.396. The number of aliphatic hydroxyl groups is 1. The lowest BCUT2D eigenvalue weighted by Crippen LogP contribution is -2.00. The Labute approximate surface area is 140 Å². The number of aryl methyl sites for hydroxylation is 1. The highest BCUT2D eigenvalue weighted by atomic mass is 16.3. The topological polar surface area (TPSA) is 38.1 Å². The monoisotopic (exact) mass is 314 g/mol. The number of aliphatic hydroxyl groups excluding tert-OH is 1. The van der Waals surface area contributed by atoms with Crippen LogP contribution in [-0.2, 0) is 13.0 Å². The second kappa shape index (κ2) is 5.18. The fraction of sp³-hybridized carbons (Fsp3) is 0.190. The van der Waals surface area contributed by atoms with Gasteiger partial charge in [0.25, 0.3) is 0 Å². The van der Waals surface area contributed by atoms with Gasteiger partial charge in [-0.05, 0) is 24.5 Å². The van der Waals surface area contributed by atoms with Crippen LogP contribution in [0.4, 0.5) is 0 Å². The lowest BCUT2D eigenvalue weighted by Gasteiger charge is -2.09. The average Bonchev–Trinajstić information content (AvgIpc) is 3.15. The van der Waals surface area contributed by atoms with Gasteiger partial charge >= 0.3 is 0 Å². The SMILES string of the molecule is OC1CCc2ncc3c(c21)c1ccccc1n3Cc1ccccc1. The number of nitrogens with zero attached hydrogens (tertiary/aromatic N) is 2. The maximum Gasteiger partial charge on any atom is 0.0818 e. The van der Waals surface area contributed by atoms with Crippen molar-refractivity contribution in [3.05, 3.63) is 77.6 Å². The molecule has 1 unspecified atom stereocenters. The number of rotatable bonds is 2. The van der Waals surface area contributed by atoms with E-state index in [0.29, 0.717) is 0 Å². The van der Waals surface area contributed by atoms with Crippen LogP contribution in [0.1, 0.15) is 29.3 Å². The first-order chi connectivity index (χ1) is 11.8. The molecule has 0 amide bonds. The number of aromatic nitrogens is 2. The number of hydrogen-bond donors (Lipinski definition) is 1. The van der Waals surface area contributed by atoms with Crippen LogP contribution < -0.4 is 0 Å². The van der Waals surface area contributed by atoms with E-state index >= 15 is 0 Å². The Balaban J connectivity index is 1.84. The van der Waals surface area contributed by atoms with Gasteiger partial charge in [0.15, 0.2) is 0 Å². The van der Waals surface area contributed by atoms with Crippen molar-refractivity contribution in [2.45, 2.75) is 25.5 Å². The van der Waals surface area contributed by atoms with Crippen LogP contribution in [0.15, 0.2) is 60.8 Å². The molecule has 5 rings (SSSR count). The van der Waals surface area contributed by atoms with Gasteiger partial charge in [-0.1, -0.05) is 48.5 Å². The van der Waals surface area contributed by atoms with E-state index in [4.69, 9.17) is 0 Å². The molecule has 1 N–H and O–H groups in total. The quantitative estimate of drug-likeness (QED) is 0.601. The van der Waals surface area contributed by atoms with E-state index < -0.39 is 6.10 Å². The number of para-hydroxylation sites is 1. The zero-order valence-corrected chi connectivity index (χ0v) is 13.3. The smallest absolute Gasteiger partial charge is 0.0818 e. The first-order valence-corrected chi connectivity index (χ1v) is 8.43. The normalized spacial score (nSPS) is 16.8. The Morgan fingerprint density at radius 2 is 1.79 bits per heavy atom. The second-order valence-electron chi connectivity index (χ2n) is 6.52. The Morgan fingerprint density at radius 1 is 1.00 bits per heavy atom. The summed E-state index contributed by atoms with van der Waals surface area (Å²) in [7, 11) is 0. The van der Waals surface area contributed by atoms with Crippen molar-refractivity contribution in [1.82, 2.24) is 9.55 Å². The number of pyridine rings is 1. The molecule has 2 aromatic carbocycles. The molecule has 3 heteroatoms. The Morgan fingerprint density at radius 3 is 2.67 bits per heavy atom. The van der Waals surface area contributed by atoms with E-state index in [2.05, 4.69) is 58.1 Å². The van der Waals surface area contributed by atoms with E-state index in [0.717, 1.165) is 36.2 Å². The standard InChI is InChI=1S/C21H18N2O/c24-19-11-10-16-21(19)20-15-8-4-5-9-17(15)23(18(20)12-22-16)13-14-6-2-1-3-7-14/h1-9,12,19,24H,10-11,13H2. The third-order valence-corrected chi connectivity index (χ3v) is 5.11. The highest BCUT2D eigenvalue weighted by Crippen LogP contribution is 2.40. The average molecular weight is 314 g/mol. The molecule has 0 saturated carbocycles. The lowest BCUT2D eigenvalue weighted by atomic mass is 10.1. The molecule has 4 aromatic rings. The lowest BCUT2D eigenvalue weighted by molar-refractivity contribution is 0.181. The largest absolute Gasteiger partial charge is 0.388 e. The zero-order chi connectivity index (χ0) is 16.1. The number of benzene rings is 2. The molecule has 0 saturated heterocycles. The van der Waals surface area contributed by atoms with Gasteiger partial charge in [0.1, 0.15) is 0 Å². The molecule has 24 heavy (non-hydrogen) atoms. The van der Waals surface area contributed by atoms with Crippen LogP contribution in [0, 0.1) is 0 Å². The van der Waals surface area contributed by atoms with Crippen molar-refractivity contribution in [2.75, 3.05) is 0 Å². The van der Waals surface area contributed by atoms with E-state index in [1.807, 2.05) is 12.3 Å². The molecule has 0 spiro atoms. The van der Waals surface area contributed by atoms with Crippen LogP contribution >= 0.6 is 0 Å². The van der Waals surface area contributed by atoms with Crippen LogP contribution in [0.2, 0.25) is 0 Å². The third-order valence-electron chi connectivity index (χ3n) is 5.11. The minimum absolute atomic E-state index is 0.396. The van der Waals surface area contributed by atoms with Gasteiger partial charge in [0, 0.05) is 34.1 Å². The van der Waals surface area contributed by atoms with Crippen LogP contribution in [0.25, 0.3) is 21.8 Å². The molecule has 0 fully saturated rings. The summed E-state index contributed by atoms with van der Waals surface area (Å²) in [4.78, 5) is 4.65. The predicted octanol–water partition coefficient (Wildman–Crippen LogP) is 4.22. The van der Waals surface area contributed by atoms with Crippen molar-refractivity contribution in [3.8, 4) is 0 Å². The summed E-state index contributed by atoms with van der Waals surface area (Å²) in [5.74, 6) is 0. The molecule has 0 bridgehead atoms. The molecule has 1 atom stereocenters. The summed E-state index contributed by atoms with van der Waals surface area (Å²) in [6, 6.07) is 18.9. The van der Waals surface area contributed by atoms with Crippen molar-refractivity contribution < 1.29 is 5.11 Å². The minimum Gasteiger partial charge on any atom is -0.388 e. The molecule has 3 nitrogen and oxygen atoms in total. The van der Waals surface area contributed by atoms with Gasteiger partial charge in [-0.2, -0.15) is 0 Å². The molecular weight excluding hydrogens is 296 g/mol. The van der Waals surface area contributed by atoms with Gasteiger partial charge in [0.2, 0.25) is 0 Å². The van der Waals surface area contributed by atoms with Crippen LogP contribution in [0.5, 0.6) is 0 Å². The van der Waals surface area contributed by atoms with Gasteiger partial charge in [0.05, 0.1) is 17.8 Å². The fourth-order valence-corrected chi connectivity index (χ4v) is 4.01. The van der Waals surface area contributed by atoms with Gasteiger partial charge < -0.3 is 9.67 Å². The summed E-state index contributed by atoms with van der Waals surface area (Å²) in [6.45, 7) is 0.807. The Bertz CT molecular complexity index is 1050. The van der Waals surface area contributed by atoms with Crippen molar-refractivity contribution in [2.24, 2.45) is 0 Å². The van der Waals surface area contributed by atoms with Crippen molar-refractivity contribution in [3.63, 3.8) is 0 Å². The molecular formula is C21H18N2O. The Kier molecular flexibility index (Phi) is 2.97. The van der Waals surface area contributed by atoms with Gasteiger partial charge in [-0.25, -0.2) is 0 Å². The summed E-state index contributed by atoms with van der Waals surface area (Å²) in [6.07, 6.45) is 3.23. The molecule has 2 aromatic heterocycles. The molecule has 1 aliphatic rings. The number of fused-ring (bicyclic) bond motifs is 5. The maximum absolute atomic E-state index is 10.5. The van der Waals surface area contributed by atoms with E-state index in [-0.39, 0.29) is 0 Å². The highest BCUT2D eigenvalue weighted by molar-refractivity contribution is 6.10. The third kappa shape index (κ3) is 1.91. The molecule has 1 aliphatic carbocycles. The van der Waals surface area contributed by atoms with E-state index in [1.54, 1.807) is 0 Å². The summed E-state index contributed by atoms with van der Waals surface area (Å²) in [5.41, 5.74) is 5.67. The number of hydrogen-bond acceptors (Lipinski definition) is 2. The predicted molar refractivity (Wildman–Crippen MR) is 96.1 cm³/mol. The molecule has 2 heterocycles. The zero-order valence-electron chi connectivity index (χ0n) is 13.3. The second-order valence-corrected chi connectivity index (χ2v) is 6.52. The summed E-state index contributed by atoms with van der Waals surface area (Å²) >= 11 is 0. The molecule has 0 radical (unpaired) electrons. The first-order valence-electron chi connectivity index (χ1n) is 8.43. The van der Waals surface area contributed by atoms with Crippen LogP contribution in [0.3, 0.4) is 0 Å². The van der Waals surface area contributed by atoms with Crippen molar-refractivity contribution >= 4 is 21.8 Å². The highest BCUT2D eigenvalue weighted by Gasteiger charge is 2.27. The van der Waals surface area contributed by atoms with E-state index in [9.17, 15) is 5.11 Å². The summed E-state index contributed by atoms with van der Waals surface area (Å²) < 4.78 is 2.32. The van der Waals surface area contributed by atoms with Gasteiger partial charge in [-0.15, -0.1) is 0 Å². The fourth-order valence-electron chi connectivity index (χ4n) is 4.01. The molecule has 118 valence electrons. The Hall–Kier alpha value is -2.65. The van der Waals surface area contributed by atoms with Crippen LogP contribution in [-0.4, -0.2) is 14.7 Å². The van der Waals surface area contributed by atoms with Gasteiger partial charge in [-0.3, -0.25) is 4.98 Å². The van der Waals surface area contributed by atoms with Crippen molar-refractivity contribution in [1.29, 1.82) is 0 Å². The summed E-state index contributed by atoms with van der Waals surface area (Å²) in [5, 5.41) is 12.9. The maximum atomic E-state index is 10.5. The molecule has 0 aliphatic heterocycles. The van der Waals surface area contributed by atoms with E-state index in [1.165, 1.54) is 21.9 Å². The first kappa shape index (κ1) is 13.8.